The number of carbonyl (C=O) groups is 1. The summed E-state index contributed by atoms with van der Waals surface area (Å²) in [6.45, 7) is 3.83. The second-order valence-corrected chi connectivity index (χ2v) is 6.24. The Morgan fingerprint density at radius 1 is 1.27 bits per heavy atom. The van der Waals surface area contributed by atoms with Gasteiger partial charge in [0.15, 0.2) is 0 Å². The fourth-order valence-electron chi connectivity index (χ4n) is 2.72. The number of halogens is 1. The summed E-state index contributed by atoms with van der Waals surface area (Å²) in [5.41, 5.74) is 0.323. The Morgan fingerprint density at radius 3 is 2.77 bits per heavy atom. The van der Waals surface area contributed by atoms with Crippen LogP contribution < -0.4 is 10.9 Å². The van der Waals surface area contributed by atoms with E-state index in [4.69, 9.17) is 0 Å². The van der Waals surface area contributed by atoms with Gasteiger partial charge in [-0.2, -0.15) is 0 Å². The Morgan fingerprint density at radius 2 is 2.04 bits per heavy atom. The lowest BCUT2D eigenvalue weighted by atomic mass is 10.1. The topological polar surface area (TPSA) is 64.0 Å². The molecule has 0 saturated heterocycles. The number of benzene rings is 1. The molecule has 1 aromatic carbocycles. The lowest BCUT2D eigenvalue weighted by Crippen LogP contribution is -2.37. The largest absolute Gasteiger partial charge is 0.349 e. The number of aromatic nitrogens is 2. The molecule has 0 aliphatic heterocycles. The van der Waals surface area contributed by atoms with Crippen molar-refractivity contribution in [2.75, 3.05) is 0 Å². The first-order valence-electron chi connectivity index (χ1n) is 8.54. The van der Waals surface area contributed by atoms with E-state index >= 15 is 0 Å². The quantitative estimate of drug-likeness (QED) is 0.766. The Balaban J connectivity index is 2.14. The Kier molecular flexibility index (Phi) is 5.11. The minimum Gasteiger partial charge on any atom is -0.349 e. The van der Waals surface area contributed by atoms with E-state index in [2.05, 4.69) is 10.3 Å². The molecule has 0 aliphatic rings. The minimum atomic E-state index is -0.486. The SMILES string of the molecule is CC[C@H](C)NC(=O)c1cc2cccnc2n(Cc2ccccc2F)c1=O. The molecule has 3 rings (SSSR count). The van der Waals surface area contributed by atoms with E-state index in [0.717, 1.165) is 6.42 Å². The lowest BCUT2D eigenvalue weighted by Gasteiger charge is -2.14. The molecule has 6 heteroatoms. The molecule has 26 heavy (non-hydrogen) atoms. The van der Waals surface area contributed by atoms with Crippen LogP contribution in [-0.4, -0.2) is 21.5 Å². The smallest absolute Gasteiger partial charge is 0.265 e. The standard InChI is InChI=1S/C20H20FN3O2/c1-3-13(2)23-19(25)16-11-14-8-6-10-22-18(14)24(20(16)26)12-15-7-4-5-9-17(15)21/h4-11,13H,3,12H2,1-2H3,(H,23,25)/t13-/m0/s1. The summed E-state index contributed by atoms with van der Waals surface area (Å²) in [5.74, 6) is -0.838. The van der Waals surface area contributed by atoms with Crippen LogP contribution in [0.5, 0.6) is 0 Å². The number of rotatable bonds is 5. The molecule has 0 aliphatic carbocycles. The maximum atomic E-state index is 14.1. The van der Waals surface area contributed by atoms with Crippen LogP contribution in [0.2, 0.25) is 0 Å². The highest BCUT2D eigenvalue weighted by Crippen LogP contribution is 2.14. The molecule has 0 bridgehead atoms. The highest BCUT2D eigenvalue weighted by Gasteiger charge is 2.18. The zero-order valence-corrected chi connectivity index (χ0v) is 14.7. The summed E-state index contributed by atoms with van der Waals surface area (Å²) in [4.78, 5) is 29.7. The van der Waals surface area contributed by atoms with Crippen LogP contribution in [0.4, 0.5) is 4.39 Å². The molecule has 5 nitrogen and oxygen atoms in total. The van der Waals surface area contributed by atoms with Crippen molar-refractivity contribution in [3.8, 4) is 0 Å². The summed E-state index contributed by atoms with van der Waals surface area (Å²) in [6, 6.07) is 11.3. The zero-order chi connectivity index (χ0) is 18.7. The van der Waals surface area contributed by atoms with Gasteiger partial charge >= 0.3 is 0 Å². The van der Waals surface area contributed by atoms with Gasteiger partial charge in [-0.1, -0.05) is 25.1 Å². The van der Waals surface area contributed by atoms with Gasteiger partial charge in [-0.3, -0.25) is 14.2 Å². The molecule has 3 aromatic rings. The molecule has 1 amide bonds. The van der Waals surface area contributed by atoms with Crippen molar-refractivity contribution in [3.63, 3.8) is 0 Å². The molecule has 1 atom stereocenters. The number of hydrogen-bond donors (Lipinski definition) is 1. The van der Waals surface area contributed by atoms with E-state index in [1.807, 2.05) is 13.8 Å². The summed E-state index contributed by atoms with van der Waals surface area (Å²) in [5, 5.41) is 3.46. The molecular weight excluding hydrogens is 333 g/mol. The first-order chi connectivity index (χ1) is 12.5. The monoisotopic (exact) mass is 353 g/mol. The maximum Gasteiger partial charge on any atom is 0.265 e. The first kappa shape index (κ1) is 17.8. The van der Waals surface area contributed by atoms with Crippen molar-refractivity contribution in [1.82, 2.24) is 14.9 Å². The van der Waals surface area contributed by atoms with Gasteiger partial charge in [-0.15, -0.1) is 0 Å². The molecule has 0 saturated carbocycles. The van der Waals surface area contributed by atoms with Crippen molar-refractivity contribution in [2.45, 2.75) is 32.9 Å². The van der Waals surface area contributed by atoms with Crippen molar-refractivity contribution in [3.05, 3.63) is 76.0 Å². The Bertz CT molecular complexity index is 1010. The van der Waals surface area contributed by atoms with Crippen LogP contribution in [0, 0.1) is 5.82 Å². The average molecular weight is 353 g/mol. The van der Waals surface area contributed by atoms with Crippen molar-refractivity contribution in [1.29, 1.82) is 0 Å². The molecular formula is C20H20FN3O2. The Hall–Kier alpha value is -3.02. The van der Waals surface area contributed by atoms with E-state index in [-0.39, 0.29) is 18.2 Å². The fraction of sp³-hybridized carbons (Fsp3) is 0.250. The van der Waals surface area contributed by atoms with Gasteiger partial charge in [0.2, 0.25) is 0 Å². The number of nitrogens with one attached hydrogen (secondary N) is 1. The molecule has 0 radical (unpaired) electrons. The van der Waals surface area contributed by atoms with Gasteiger partial charge in [0, 0.05) is 23.2 Å². The number of hydrogen-bond acceptors (Lipinski definition) is 3. The fourth-order valence-corrected chi connectivity index (χ4v) is 2.72. The van der Waals surface area contributed by atoms with Crippen LogP contribution in [-0.2, 0) is 6.54 Å². The van der Waals surface area contributed by atoms with Crippen molar-refractivity contribution < 1.29 is 9.18 Å². The predicted molar refractivity (Wildman–Crippen MR) is 98.7 cm³/mol. The first-order valence-corrected chi connectivity index (χ1v) is 8.54. The number of carbonyl (C=O) groups excluding carboxylic acids is 1. The van der Waals surface area contributed by atoms with E-state index in [0.29, 0.717) is 16.6 Å². The van der Waals surface area contributed by atoms with E-state index in [1.54, 1.807) is 42.6 Å². The third-order valence-corrected chi connectivity index (χ3v) is 4.37. The van der Waals surface area contributed by atoms with Gasteiger partial charge in [-0.25, -0.2) is 9.37 Å². The van der Waals surface area contributed by atoms with Crippen molar-refractivity contribution >= 4 is 16.9 Å². The summed E-state index contributed by atoms with van der Waals surface area (Å²) in [6.07, 6.45) is 2.32. The zero-order valence-electron chi connectivity index (χ0n) is 14.7. The average Bonchev–Trinajstić information content (AvgIpc) is 2.65. The normalized spacial score (nSPS) is 12.1. The van der Waals surface area contributed by atoms with Crippen LogP contribution in [0.1, 0.15) is 36.2 Å². The molecule has 2 aromatic heterocycles. The minimum absolute atomic E-state index is 0.00344. The highest BCUT2D eigenvalue weighted by molar-refractivity contribution is 5.97. The van der Waals surface area contributed by atoms with Gasteiger partial charge < -0.3 is 5.32 Å². The Labute approximate surface area is 150 Å². The van der Waals surface area contributed by atoms with E-state index < -0.39 is 17.3 Å². The van der Waals surface area contributed by atoms with Gasteiger partial charge in [0.1, 0.15) is 17.0 Å². The molecule has 0 fully saturated rings. The molecule has 134 valence electrons. The third-order valence-electron chi connectivity index (χ3n) is 4.37. The number of fused-ring (bicyclic) bond motifs is 1. The lowest BCUT2D eigenvalue weighted by molar-refractivity contribution is 0.0937. The van der Waals surface area contributed by atoms with Gasteiger partial charge in [-0.05, 0) is 37.6 Å². The predicted octanol–water partition coefficient (Wildman–Crippen LogP) is 3.11. The highest BCUT2D eigenvalue weighted by atomic mass is 19.1. The van der Waals surface area contributed by atoms with Crippen LogP contribution in [0.3, 0.4) is 0 Å². The summed E-state index contributed by atoms with van der Waals surface area (Å²) >= 11 is 0. The van der Waals surface area contributed by atoms with Gasteiger partial charge in [0.05, 0.1) is 6.54 Å². The van der Waals surface area contributed by atoms with Crippen molar-refractivity contribution in [2.24, 2.45) is 0 Å². The third kappa shape index (κ3) is 3.49. The maximum absolute atomic E-state index is 14.1. The molecule has 1 N–H and O–H groups in total. The van der Waals surface area contributed by atoms with Gasteiger partial charge in [0.25, 0.3) is 11.5 Å². The van der Waals surface area contributed by atoms with E-state index in [9.17, 15) is 14.0 Å². The second-order valence-electron chi connectivity index (χ2n) is 6.24. The van der Waals surface area contributed by atoms with E-state index in [1.165, 1.54) is 10.6 Å². The van der Waals surface area contributed by atoms with Crippen LogP contribution in [0.15, 0.2) is 53.5 Å². The van der Waals surface area contributed by atoms with Crippen LogP contribution in [0.25, 0.3) is 11.0 Å². The second kappa shape index (κ2) is 7.47. The number of amides is 1. The molecule has 2 heterocycles. The molecule has 0 spiro atoms. The summed E-state index contributed by atoms with van der Waals surface area (Å²) < 4.78 is 15.4. The van der Waals surface area contributed by atoms with Crippen LogP contribution >= 0.6 is 0 Å². The summed E-state index contributed by atoms with van der Waals surface area (Å²) in [7, 11) is 0. The number of pyridine rings is 2. The molecule has 0 unspecified atom stereocenters. The number of nitrogens with zero attached hydrogens (tertiary/aromatic N) is 2.